The largest absolute Gasteiger partial charge is 0.478 e. The number of aromatic carboxylic acids is 1. The second-order valence-corrected chi connectivity index (χ2v) is 8.60. The van der Waals surface area contributed by atoms with Crippen LogP contribution in [0.15, 0.2) is 65.6 Å². The average Bonchev–Trinajstić information content (AvgIpc) is 3.11. The van der Waals surface area contributed by atoms with Gasteiger partial charge >= 0.3 is 5.97 Å². The Balaban J connectivity index is 1.65. The van der Waals surface area contributed by atoms with Crippen molar-refractivity contribution in [1.29, 1.82) is 0 Å². The lowest BCUT2D eigenvalue weighted by atomic mass is 10.0. The van der Waals surface area contributed by atoms with Gasteiger partial charge in [0.1, 0.15) is 5.65 Å². The van der Waals surface area contributed by atoms with Crippen LogP contribution in [0.25, 0.3) is 27.8 Å². The molecule has 0 aliphatic heterocycles. The monoisotopic (exact) mass is 468 g/mol. The molecule has 35 heavy (non-hydrogen) atoms. The third-order valence-electron chi connectivity index (χ3n) is 6.10. The van der Waals surface area contributed by atoms with Gasteiger partial charge in [0.2, 0.25) is 0 Å². The molecule has 5 rings (SSSR count). The highest BCUT2D eigenvalue weighted by atomic mass is 16.4. The topological polar surface area (TPSA) is 128 Å². The number of hydrogen-bond donors (Lipinski definition) is 3. The maximum atomic E-state index is 13.1. The standard InChI is InChI=1S/C26H24N6O3/c1-14-10-18(15(2)28-20-7-5-4-6-17(20)26(34)35)25-29-21(12-23(33)32(25)13-14)16-8-9-22-19(11-16)24(27)30-31(22)3/h4-13,15,28H,1-3H3,(H2,27,30)(H,34,35)/t15-/m1/s1. The van der Waals surface area contributed by atoms with Crippen molar-refractivity contribution >= 4 is 34.0 Å². The third kappa shape index (κ3) is 3.86. The molecule has 5 aromatic rings. The van der Waals surface area contributed by atoms with Gasteiger partial charge in [0, 0.05) is 41.5 Å². The highest BCUT2D eigenvalue weighted by molar-refractivity contribution is 5.94. The van der Waals surface area contributed by atoms with Crippen molar-refractivity contribution in [2.45, 2.75) is 19.9 Å². The summed E-state index contributed by atoms with van der Waals surface area (Å²) in [4.78, 5) is 29.6. The Hall–Kier alpha value is -4.66. The fraction of sp³-hybridized carbons (Fsp3) is 0.154. The van der Waals surface area contributed by atoms with E-state index in [1.807, 2.05) is 45.2 Å². The number of aromatic nitrogens is 4. The van der Waals surface area contributed by atoms with E-state index in [4.69, 9.17) is 10.7 Å². The van der Waals surface area contributed by atoms with Gasteiger partial charge in [-0.15, -0.1) is 0 Å². The molecule has 0 amide bonds. The summed E-state index contributed by atoms with van der Waals surface area (Å²) in [5.74, 6) is -0.607. The molecule has 0 unspecified atom stereocenters. The number of rotatable bonds is 5. The summed E-state index contributed by atoms with van der Waals surface area (Å²) in [5, 5.41) is 17.9. The summed E-state index contributed by atoms with van der Waals surface area (Å²) in [6.07, 6.45) is 1.75. The van der Waals surface area contributed by atoms with Crippen molar-refractivity contribution in [3.63, 3.8) is 0 Å². The van der Waals surface area contributed by atoms with Crippen LogP contribution in [0.3, 0.4) is 0 Å². The Morgan fingerprint density at radius 1 is 1.14 bits per heavy atom. The highest BCUT2D eigenvalue weighted by Crippen LogP contribution is 2.29. The predicted octanol–water partition coefficient (Wildman–Crippen LogP) is 4.01. The number of nitrogens with one attached hydrogen (secondary N) is 1. The van der Waals surface area contributed by atoms with E-state index >= 15 is 0 Å². The molecule has 0 saturated carbocycles. The minimum absolute atomic E-state index is 0.171. The summed E-state index contributed by atoms with van der Waals surface area (Å²) in [7, 11) is 1.82. The van der Waals surface area contributed by atoms with Gasteiger partial charge < -0.3 is 16.2 Å². The van der Waals surface area contributed by atoms with Crippen LogP contribution in [0.4, 0.5) is 11.5 Å². The molecule has 0 aliphatic rings. The summed E-state index contributed by atoms with van der Waals surface area (Å²) in [6, 6.07) is 15.5. The lowest BCUT2D eigenvalue weighted by molar-refractivity contribution is 0.0698. The Morgan fingerprint density at radius 3 is 2.69 bits per heavy atom. The van der Waals surface area contributed by atoms with E-state index in [0.29, 0.717) is 22.8 Å². The lowest BCUT2D eigenvalue weighted by Crippen LogP contribution is -2.19. The zero-order valence-corrected chi connectivity index (χ0v) is 19.5. The molecule has 3 aromatic heterocycles. The maximum absolute atomic E-state index is 13.1. The molecule has 0 radical (unpaired) electrons. The number of pyridine rings is 1. The molecule has 0 spiro atoms. The molecular formula is C26H24N6O3. The van der Waals surface area contributed by atoms with Crippen LogP contribution >= 0.6 is 0 Å². The van der Waals surface area contributed by atoms with Crippen molar-refractivity contribution in [1.82, 2.24) is 19.2 Å². The summed E-state index contributed by atoms with van der Waals surface area (Å²) < 4.78 is 3.23. The van der Waals surface area contributed by atoms with Gasteiger partial charge in [-0.05, 0) is 49.7 Å². The van der Waals surface area contributed by atoms with Crippen LogP contribution in [-0.4, -0.2) is 30.2 Å². The molecule has 0 bridgehead atoms. The van der Waals surface area contributed by atoms with Gasteiger partial charge in [0.25, 0.3) is 5.56 Å². The minimum atomic E-state index is -1.02. The number of anilines is 2. The molecule has 9 nitrogen and oxygen atoms in total. The Kier molecular flexibility index (Phi) is 5.24. The van der Waals surface area contributed by atoms with Crippen LogP contribution in [0.1, 0.15) is 34.5 Å². The van der Waals surface area contributed by atoms with Gasteiger partial charge in [-0.25, -0.2) is 9.78 Å². The smallest absolute Gasteiger partial charge is 0.337 e. The number of nitrogen functional groups attached to an aromatic ring is 1. The maximum Gasteiger partial charge on any atom is 0.337 e. The van der Waals surface area contributed by atoms with Crippen molar-refractivity contribution in [3.8, 4) is 11.3 Å². The first-order valence-corrected chi connectivity index (χ1v) is 11.1. The quantitative estimate of drug-likeness (QED) is 0.356. The number of nitrogens with two attached hydrogens (primary N) is 1. The normalized spacial score (nSPS) is 12.2. The van der Waals surface area contributed by atoms with Gasteiger partial charge in [0.05, 0.1) is 22.8 Å². The second-order valence-electron chi connectivity index (χ2n) is 8.60. The molecule has 4 N–H and O–H groups in total. The number of para-hydroxylation sites is 1. The van der Waals surface area contributed by atoms with E-state index in [1.54, 1.807) is 35.1 Å². The number of carbonyl (C=O) groups is 1. The number of aryl methyl sites for hydroxylation is 2. The van der Waals surface area contributed by atoms with Crippen molar-refractivity contribution < 1.29 is 9.90 Å². The van der Waals surface area contributed by atoms with Gasteiger partial charge in [-0.1, -0.05) is 18.2 Å². The van der Waals surface area contributed by atoms with E-state index in [-0.39, 0.29) is 17.2 Å². The lowest BCUT2D eigenvalue weighted by Gasteiger charge is -2.20. The van der Waals surface area contributed by atoms with Crippen molar-refractivity contribution in [2.24, 2.45) is 7.05 Å². The summed E-state index contributed by atoms with van der Waals surface area (Å²) >= 11 is 0. The Bertz CT molecular complexity index is 1680. The second kappa shape index (κ2) is 8.28. The summed E-state index contributed by atoms with van der Waals surface area (Å²) in [6.45, 7) is 3.81. The third-order valence-corrected chi connectivity index (χ3v) is 6.10. The molecule has 0 fully saturated rings. The van der Waals surface area contributed by atoms with Gasteiger partial charge in [-0.2, -0.15) is 5.10 Å². The molecule has 2 aromatic carbocycles. The number of benzene rings is 2. The zero-order chi connectivity index (χ0) is 24.9. The molecular weight excluding hydrogens is 444 g/mol. The zero-order valence-electron chi connectivity index (χ0n) is 19.5. The van der Waals surface area contributed by atoms with Crippen LogP contribution in [-0.2, 0) is 7.05 Å². The number of carboxylic acids is 1. The molecule has 1 atom stereocenters. The van der Waals surface area contributed by atoms with E-state index in [9.17, 15) is 14.7 Å². The number of fused-ring (bicyclic) bond motifs is 2. The minimum Gasteiger partial charge on any atom is -0.478 e. The first-order chi connectivity index (χ1) is 16.7. The summed E-state index contributed by atoms with van der Waals surface area (Å²) in [5.41, 5.74) is 10.8. The van der Waals surface area contributed by atoms with Crippen LogP contribution in [0, 0.1) is 6.92 Å². The van der Waals surface area contributed by atoms with E-state index in [2.05, 4.69) is 10.4 Å². The highest BCUT2D eigenvalue weighted by Gasteiger charge is 2.18. The average molecular weight is 469 g/mol. The van der Waals surface area contributed by atoms with Crippen LogP contribution in [0.5, 0.6) is 0 Å². The first kappa shape index (κ1) is 22.1. The Labute approximate surface area is 200 Å². The molecule has 0 saturated heterocycles. The van der Waals surface area contributed by atoms with Gasteiger partial charge in [0.15, 0.2) is 5.82 Å². The van der Waals surface area contributed by atoms with E-state index < -0.39 is 5.97 Å². The first-order valence-electron chi connectivity index (χ1n) is 11.1. The number of nitrogens with zero attached hydrogens (tertiary/aromatic N) is 4. The molecule has 3 heterocycles. The predicted molar refractivity (Wildman–Crippen MR) is 136 cm³/mol. The van der Waals surface area contributed by atoms with Crippen molar-refractivity contribution in [2.75, 3.05) is 11.1 Å². The molecule has 176 valence electrons. The number of carboxylic acid groups (broad SMARTS) is 1. The fourth-order valence-electron chi connectivity index (χ4n) is 4.40. The number of hydrogen-bond acceptors (Lipinski definition) is 6. The molecule has 0 aliphatic carbocycles. The van der Waals surface area contributed by atoms with Crippen LogP contribution < -0.4 is 16.6 Å². The van der Waals surface area contributed by atoms with Crippen molar-refractivity contribution in [3.05, 3.63) is 87.8 Å². The van der Waals surface area contributed by atoms with E-state index in [1.165, 1.54) is 10.5 Å². The van der Waals surface area contributed by atoms with Crippen LogP contribution in [0.2, 0.25) is 0 Å². The SMILES string of the molecule is Cc1cc([C@@H](C)Nc2ccccc2C(=O)O)c2nc(-c3ccc4c(c3)c(N)nn4C)cc(=O)n2c1. The van der Waals surface area contributed by atoms with Gasteiger partial charge in [-0.3, -0.25) is 13.9 Å². The molecule has 9 heteroatoms. The fourth-order valence-corrected chi connectivity index (χ4v) is 4.40. The van der Waals surface area contributed by atoms with E-state index in [0.717, 1.165) is 27.6 Å². The Morgan fingerprint density at radius 2 is 1.91 bits per heavy atom.